The second-order valence-corrected chi connectivity index (χ2v) is 5.38. The molecule has 0 aromatic heterocycles. The molecular weight excluding hydrogens is 224 g/mol. The standard InChI is InChI=1S/C15H30N2O/c1-3-5-12-17(13-6-4-2)15(16)18-14-10-8-7-9-11-14/h14,16H,3-13H2,1-2H3. The summed E-state index contributed by atoms with van der Waals surface area (Å²) < 4.78 is 5.86. The fraction of sp³-hybridized carbons (Fsp3) is 0.933. The molecule has 0 saturated heterocycles. The quantitative estimate of drug-likeness (QED) is 0.546. The summed E-state index contributed by atoms with van der Waals surface area (Å²) in [7, 11) is 0. The lowest BCUT2D eigenvalue weighted by molar-refractivity contribution is 0.110. The maximum Gasteiger partial charge on any atom is 0.284 e. The molecule has 1 N–H and O–H groups in total. The van der Waals surface area contributed by atoms with E-state index < -0.39 is 0 Å². The minimum atomic E-state index is 0.303. The Morgan fingerprint density at radius 2 is 1.61 bits per heavy atom. The average Bonchev–Trinajstić information content (AvgIpc) is 2.40. The van der Waals surface area contributed by atoms with Crippen molar-refractivity contribution < 1.29 is 4.74 Å². The van der Waals surface area contributed by atoms with Crippen molar-refractivity contribution in [3.05, 3.63) is 0 Å². The highest BCUT2D eigenvalue weighted by Crippen LogP contribution is 2.21. The molecule has 3 heteroatoms. The summed E-state index contributed by atoms with van der Waals surface area (Å²) in [6.07, 6.45) is 11.1. The highest BCUT2D eigenvalue weighted by atomic mass is 16.5. The first-order valence-corrected chi connectivity index (χ1v) is 7.78. The third-order valence-corrected chi connectivity index (χ3v) is 3.68. The number of nitrogens with zero attached hydrogens (tertiary/aromatic N) is 1. The lowest BCUT2D eigenvalue weighted by Gasteiger charge is -2.29. The van der Waals surface area contributed by atoms with Crippen LogP contribution in [0.3, 0.4) is 0 Å². The second-order valence-electron chi connectivity index (χ2n) is 5.38. The lowest BCUT2D eigenvalue weighted by Crippen LogP contribution is -2.37. The van der Waals surface area contributed by atoms with Gasteiger partial charge in [-0.05, 0) is 38.5 Å². The van der Waals surface area contributed by atoms with Gasteiger partial charge in [-0.25, -0.2) is 0 Å². The van der Waals surface area contributed by atoms with Crippen molar-refractivity contribution in [1.82, 2.24) is 4.90 Å². The Morgan fingerprint density at radius 3 is 2.11 bits per heavy atom. The molecule has 1 aliphatic carbocycles. The van der Waals surface area contributed by atoms with E-state index in [-0.39, 0.29) is 0 Å². The third-order valence-electron chi connectivity index (χ3n) is 3.68. The fourth-order valence-electron chi connectivity index (χ4n) is 2.43. The van der Waals surface area contributed by atoms with Crippen LogP contribution in [-0.4, -0.2) is 30.1 Å². The molecule has 0 aliphatic heterocycles. The van der Waals surface area contributed by atoms with Crippen LogP contribution < -0.4 is 0 Å². The molecule has 0 amide bonds. The average molecular weight is 254 g/mol. The maximum absolute atomic E-state index is 8.14. The molecule has 1 saturated carbocycles. The summed E-state index contributed by atoms with van der Waals surface area (Å²) in [5.74, 6) is 0. The van der Waals surface area contributed by atoms with Crippen molar-refractivity contribution in [3.8, 4) is 0 Å². The normalized spacial score (nSPS) is 16.6. The van der Waals surface area contributed by atoms with Gasteiger partial charge in [0.2, 0.25) is 0 Å². The molecule has 1 aliphatic rings. The van der Waals surface area contributed by atoms with Crippen LogP contribution in [0, 0.1) is 5.41 Å². The molecule has 0 unspecified atom stereocenters. The third kappa shape index (κ3) is 5.74. The van der Waals surface area contributed by atoms with E-state index in [1.165, 1.54) is 32.1 Å². The van der Waals surface area contributed by atoms with Crippen molar-refractivity contribution in [2.75, 3.05) is 13.1 Å². The van der Waals surface area contributed by atoms with Gasteiger partial charge in [0.05, 0.1) is 0 Å². The van der Waals surface area contributed by atoms with Crippen LogP contribution in [0.25, 0.3) is 0 Å². The van der Waals surface area contributed by atoms with Gasteiger partial charge < -0.3 is 9.64 Å². The Hall–Kier alpha value is -0.730. The molecule has 1 fully saturated rings. The van der Waals surface area contributed by atoms with Crippen molar-refractivity contribution in [3.63, 3.8) is 0 Å². The first-order chi connectivity index (χ1) is 8.77. The van der Waals surface area contributed by atoms with Crippen LogP contribution in [0.15, 0.2) is 0 Å². The van der Waals surface area contributed by atoms with Gasteiger partial charge in [0.1, 0.15) is 6.10 Å². The SMILES string of the molecule is CCCCN(CCCC)C(=N)OC1CCCCC1. The zero-order chi connectivity index (χ0) is 13.2. The predicted molar refractivity (Wildman–Crippen MR) is 77.1 cm³/mol. The summed E-state index contributed by atoms with van der Waals surface area (Å²) in [6.45, 7) is 6.34. The van der Waals surface area contributed by atoms with Gasteiger partial charge in [-0.1, -0.05) is 33.1 Å². The largest absolute Gasteiger partial charge is 0.462 e. The minimum Gasteiger partial charge on any atom is -0.462 e. The van der Waals surface area contributed by atoms with Crippen LogP contribution in [0.5, 0.6) is 0 Å². The molecule has 0 radical (unpaired) electrons. The van der Waals surface area contributed by atoms with Crippen molar-refractivity contribution in [2.24, 2.45) is 0 Å². The van der Waals surface area contributed by atoms with E-state index in [1.54, 1.807) is 0 Å². The molecule has 0 atom stereocenters. The molecule has 1 rings (SSSR count). The van der Waals surface area contributed by atoms with E-state index in [0.717, 1.165) is 38.8 Å². The van der Waals surface area contributed by atoms with E-state index in [1.807, 2.05) is 0 Å². The van der Waals surface area contributed by atoms with E-state index in [9.17, 15) is 0 Å². The van der Waals surface area contributed by atoms with Crippen LogP contribution >= 0.6 is 0 Å². The topological polar surface area (TPSA) is 36.3 Å². The molecule has 106 valence electrons. The Balaban J connectivity index is 2.35. The molecule has 18 heavy (non-hydrogen) atoms. The Bertz CT molecular complexity index is 217. The number of rotatable bonds is 7. The van der Waals surface area contributed by atoms with Crippen molar-refractivity contribution in [1.29, 1.82) is 5.41 Å². The summed E-state index contributed by atoms with van der Waals surface area (Å²) in [5, 5.41) is 8.14. The van der Waals surface area contributed by atoms with Crippen molar-refractivity contribution >= 4 is 6.02 Å². The van der Waals surface area contributed by atoms with Crippen LogP contribution in [-0.2, 0) is 4.74 Å². The summed E-state index contributed by atoms with van der Waals surface area (Å²) in [5.41, 5.74) is 0. The second kappa shape index (κ2) is 9.23. The Morgan fingerprint density at radius 1 is 1.06 bits per heavy atom. The van der Waals surface area contributed by atoms with Gasteiger partial charge in [-0.3, -0.25) is 5.41 Å². The number of hydrogen-bond acceptors (Lipinski definition) is 2. The molecule has 0 heterocycles. The van der Waals surface area contributed by atoms with E-state index in [0.29, 0.717) is 12.1 Å². The number of nitrogens with one attached hydrogen (secondary N) is 1. The highest BCUT2D eigenvalue weighted by molar-refractivity contribution is 5.70. The van der Waals surface area contributed by atoms with Gasteiger partial charge >= 0.3 is 0 Å². The highest BCUT2D eigenvalue weighted by Gasteiger charge is 2.18. The monoisotopic (exact) mass is 254 g/mol. The van der Waals surface area contributed by atoms with Gasteiger partial charge in [0.25, 0.3) is 6.02 Å². The van der Waals surface area contributed by atoms with Gasteiger partial charge in [-0.15, -0.1) is 0 Å². The zero-order valence-electron chi connectivity index (χ0n) is 12.2. The molecule has 3 nitrogen and oxygen atoms in total. The first kappa shape index (κ1) is 15.3. The van der Waals surface area contributed by atoms with Gasteiger partial charge in [0, 0.05) is 13.1 Å². The number of hydrogen-bond donors (Lipinski definition) is 1. The van der Waals surface area contributed by atoms with Crippen molar-refractivity contribution in [2.45, 2.75) is 77.7 Å². The predicted octanol–water partition coefficient (Wildman–Crippen LogP) is 4.17. The summed E-state index contributed by atoms with van der Waals surface area (Å²) in [4.78, 5) is 2.13. The van der Waals surface area contributed by atoms with Crippen LogP contribution in [0.4, 0.5) is 0 Å². The van der Waals surface area contributed by atoms with Gasteiger partial charge in [-0.2, -0.15) is 0 Å². The molecule has 0 spiro atoms. The fourth-order valence-corrected chi connectivity index (χ4v) is 2.43. The summed E-state index contributed by atoms with van der Waals surface area (Å²) >= 11 is 0. The molecule has 0 bridgehead atoms. The van der Waals surface area contributed by atoms with Crippen LogP contribution in [0.2, 0.25) is 0 Å². The Labute approximate surface area is 112 Å². The smallest absolute Gasteiger partial charge is 0.284 e. The number of ether oxygens (including phenoxy) is 1. The Kier molecular flexibility index (Phi) is 7.86. The molecular formula is C15H30N2O. The van der Waals surface area contributed by atoms with Gasteiger partial charge in [0.15, 0.2) is 0 Å². The number of amidine groups is 1. The molecule has 0 aromatic rings. The van der Waals surface area contributed by atoms with E-state index in [4.69, 9.17) is 10.1 Å². The minimum absolute atomic E-state index is 0.303. The first-order valence-electron chi connectivity index (χ1n) is 7.78. The number of unbranched alkanes of at least 4 members (excludes halogenated alkanes) is 2. The zero-order valence-corrected chi connectivity index (χ0v) is 12.2. The lowest BCUT2D eigenvalue weighted by atomic mass is 9.98. The summed E-state index contributed by atoms with van der Waals surface area (Å²) in [6, 6.07) is 0.420. The van der Waals surface area contributed by atoms with Crippen LogP contribution in [0.1, 0.15) is 71.6 Å². The van der Waals surface area contributed by atoms with E-state index >= 15 is 0 Å². The van der Waals surface area contributed by atoms with E-state index in [2.05, 4.69) is 18.7 Å². The molecule has 0 aromatic carbocycles. The maximum atomic E-state index is 8.14.